The molecule has 0 unspecified atom stereocenters. The molecule has 2 aromatic carbocycles. The third-order valence-electron chi connectivity index (χ3n) is 6.12. The number of ether oxygens (including phenoxy) is 5. The van der Waals surface area contributed by atoms with Crippen molar-refractivity contribution in [2.45, 2.75) is 33.7 Å². The molecule has 0 saturated heterocycles. The molecule has 12 heteroatoms. The van der Waals surface area contributed by atoms with Gasteiger partial charge in [-0.15, -0.1) is 0 Å². The summed E-state index contributed by atoms with van der Waals surface area (Å²) in [5.41, 5.74) is 1.53. The van der Waals surface area contributed by atoms with Crippen LogP contribution in [0, 0.1) is 3.57 Å². The highest BCUT2D eigenvalue weighted by molar-refractivity contribution is 14.1. The summed E-state index contributed by atoms with van der Waals surface area (Å²) in [7, 11) is 3.06. The first kappa shape index (κ1) is 30.3. The highest BCUT2D eigenvalue weighted by atomic mass is 127. The van der Waals surface area contributed by atoms with E-state index in [2.05, 4.69) is 27.6 Å². The van der Waals surface area contributed by atoms with Gasteiger partial charge in [0.15, 0.2) is 16.3 Å². The second-order valence-electron chi connectivity index (χ2n) is 8.77. The summed E-state index contributed by atoms with van der Waals surface area (Å²) in [5, 5.41) is 0. The van der Waals surface area contributed by atoms with E-state index in [0.29, 0.717) is 59.3 Å². The Morgan fingerprint density at radius 2 is 1.85 bits per heavy atom. The Labute approximate surface area is 254 Å². The minimum absolute atomic E-state index is 0.159. The van der Waals surface area contributed by atoms with Crippen LogP contribution in [0.5, 0.6) is 23.0 Å². The summed E-state index contributed by atoms with van der Waals surface area (Å²) in [5.74, 6) is 0.664. The SMILES string of the molecule is CCOC(=O)C1=C(C)N=c2s/c(=C\c3cc(I)c(OC(C)=O)c(OCC)c3)c(=O)n2[C@H]1c1cc(OC)ccc1OC. The van der Waals surface area contributed by atoms with Gasteiger partial charge in [-0.05, 0) is 85.3 Å². The molecule has 0 bridgehead atoms. The molecule has 2 heterocycles. The van der Waals surface area contributed by atoms with Gasteiger partial charge in [0, 0.05) is 12.5 Å². The summed E-state index contributed by atoms with van der Waals surface area (Å²) in [6, 6.07) is 7.83. The van der Waals surface area contributed by atoms with Crippen molar-refractivity contribution in [3.8, 4) is 23.0 Å². The molecule has 4 rings (SSSR count). The minimum atomic E-state index is -0.872. The minimum Gasteiger partial charge on any atom is -0.497 e. The van der Waals surface area contributed by atoms with Crippen molar-refractivity contribution >= 4 is 51.9 Å². The first-order valence-corrected chi connectivity index (χ1v) is 14.6. The van der Waals surface area contributed by atoms with E-state index < -0.39 is 18.0 Å². The number of carbonyl (C=O) groups excluding carboxylic acids is 2. The van der Waals surface area contributed by atoms with Crippen molar-refractivity contribution in [3.63, 3.8) is 0 Å². The van der Waals surface area contributed by atoms with Crippen LogP contribution in [0.3, 0.4) is 0 Å². The molecule has 216 valence electrons. The number of esters is 2. The maximum atomic E-state index is 14.0. The van der Waals surface area contributed by atoms with Crippen LogP contribution in [0.4, 0.5) is 0 Å². The van der Waals surface area contributed by atoms with Gasteiger partial charge in [0.1, 0.15) is 17.5 Å². The van der Waals surface area contributed by atoms with Gasteiger partial charge in [0.25, 0.3) is 5.56 Å². The topological polar surface area (TPSA) is 115 Å². The van der Waals surface area contributed by atoms with Gasteiger partial charge in [-0.3, -0.25) is 14.2 Å². The molecule has 1 aliphatic heterocycles. The number of nitrogens with zero attached hydrogens (tertiary/aromatic N) is 2. The number of benzene rings is 2. The third kappa shape index (κ3) is 6.17. The Balaban J connectivity index is 1.97. The zero-order chi connectivity index (χ0) is 29.8. The van der Waals surface area contributed by atoms with Crippen LogP contribution in [-0.4, -0.2) is 43.9 Å². The summed E-state index contributed by atoms with van der Waals surface area (Å²) in [4.78, 5) is 43.9. The number of halogens is 1. The molecule has 1 atom stereocenters. The van der Waals surface area contributed by atoms with Crippen molar-refractivity contribution in [2.24, 2.45) is 4.99 Å². The molecule has 10 nitrogen and oxygen atoms in total. The van der Waals surface area contributed by atoms with Gasteiger partial charge in [-0.25, -0.2) is 9.79 Å². The van der Waals surface area contributed by atoms with E-state index in [1.165, 1.54) is 37.0 Å². The van der Waals surface area contributed by atoms with Gasteiger partial charge in [-0.2, -0.15) is 0 Å². The summed E-state index contributed by atoms with van der Waals surface area (Å²) in [6.45, 7) is 7.09. The average molecular weight is 693 g/mol. The molecule has 0 spiro atoms. The van der Waals surface area contributed by atoms with Crippen LogP contribution in [0.15, 0.2) is 51.4 Å². The molecule has 0 N–H and O–H groups in total. The molecule has 1 aliphatic rings. The van der Waals surface area contributed by atoms with Crippen molar-refractivity contribution in [1.29, 1.82) is 0 Å². The van der Waals surface area contributed by atoms with E-state index in [1.807, 2.05) is 6.92 Å². The summed E-state index contributed by atoms with van der Waals surface area (Å²) >= 11 is 3.25. The first-order valence-electron chi connectivity index (χ1n) is 12.7. The predicted octanol–water partition coefficient (Wildman–Crippen LogP) is 3.74. The molecular formula is C29H29IN2O8S. The lowest BCUT2D eigenvalue weighted by molar-refractivity contribution is -0.139. The number of hydrogen-bond donors (Lipinski definition) is 0. The lowest BCUT2D eigenvalue weighted by Crippen LogP contribution is -2.40. The molecule has 3 aromatic rings. The molecule has 0 fully saturated rings. The van der Waals surface area contributed by atoms with Crippen LogP contribution in [-0.2, 0) is 14.3 Å². The van der Waals surface area contributed by atoms with E-state index >= 15 is 0 Å². The normalized spacial score (nSPS) is 14.7. The van der Waals surface area contributed by atoms with Crippen molar-refractivity contribution in [1.82, 2.24) is 4.57 Å². The molecule has 0 saturated carbocycles. The number of thiazole rings is 1. The monoisotopic (exact) mass is 692 g/mol. The van der Waals surface area contributed by atoms with Gasteiger partial charge >= 0.3 is 11.9 Å². The fraction of sp³-hybridized carbons (Fsp3) is 0.310. The lowest BCUT2D eigenvalue weighted by Gasteiger charge is -2.26. The maximum absolute atomic E-state index is 14.0. The van der Waals surface area contributed by atoms with Crippen LogP contribution in [0.2, 0.25) is 0 Å². The lowest BCUT2D eigenvalue weighted by atomic mass is 9.94. The van der Waals surface area contributed by atoms with E-state index in [-0.39, 0.29) is 17.7 Å². The fourth-order valence-corrected chi connectivity index (χ4v) is 6.25. The Bertz CT molecular complexity index is 1720. The number of carbonyl (C=O) groups is 2. The van der Waals surface area contributed by atoms with Crippen molar-refractivity contribution < 1.29 is 33.3 Å². The van der Waals surface area contributed by atoms with Crippen molar-refractivity contribution in [3.05, 3.63) is 76.0 Å². The number of hydrogen-bond acceptors (Lipinski definition) is 10. The number of allylic oxidation sites excluding steroid dienone is 1. The average Bonchev–Trinajstić information content (AvgIpc) is 3.23. The number of aromatic nitrogens is 1. The highest BCUT2D eigenvalue weighted by Crippen LogP contribution is 2.38. The van der Waals surface area contributed by atoms with Crippen molar-refractivity contribution in [2.75, 3.05) is 27.4 Å². The van der Waals surface area contributed by atoms with Gasteiger partial charge < -0.3 is 23.7 Å². The molecule has 41 heavy (non-hydrogen) atoms. The van der Waals surface area contributed by atoms with Gasteiger partial charge in [0.2, 0.25) is 0 Å². The van der Waals surface area contributed by atoms with Crippen LogP contribution >= 0.6 is 33.9 Å². The maximum Gasteiger partial charge on any atom is 0.338 e. The predicted molar refractivity (Wildman–Crippen MR) is 162 cm³/mol. The molecule has 0 radical (unpaired) electrons. The third-order valence-corrected chi connectivity index (χ3v) is 7.91. The van der Waals surface area contributed by atoms with Gasteiger partial charge in [0.05, 0.1) is 46.8 Å². The Kier molecular flexibility index (Phi) is 9.53. The van der Waals surface area contributed by atoms with E-state index in [0.717, 1.165) is 0 Å². The second-order valence-corrected chi connectivity index (χ2v) is 10.9. The first-order chi connectivity index (χ1) is 19.6. The Morgan fingerprint density at radius 1 is 1.10 bits per heavy atom. The molecule has 0 aliphatic carbocycles. The fourth-order valence-electron chi connectivity index (χ4n) is 4.47. The largest absolute Gasteiger partial charge is 0.497 e. The standard InChI is InChI=1S/C29H29IN2O8S/c1-7-38-22-12-17(11-20(30)26(22)40-16(4)33)13-23-27(34)32-25(19-14-18(36-5)9-10-21(19)37-6)24(28(35)39-8-2)15(3)31-29(32)41-23/h9-14,25H,7-8H2,1-6H3/b23-13-/t25-/m0/s1. The van der Waals surface area contributed by atoms with E-state index in [9.17, 15) is 14.4 Å². The summed E-state index contributed by atoms with van der Waals surface area (Å²) < 4.78 is 30.0. The van der Waals surface area contributed by atoms with E-state index in [1.54, 1.807) is 50.3 Å². The zero-order valence-corrected chi connectivity index (χ0v) is 26.4. The highest BCUT2D eigenvalue weighted by Gasteiger charge is 2.35. The smallest absolute Gasteiger partial charge is 0.338 e. The van der Waals surface area contributed by atoms with E-state index in [4.69, 9.17) is 23.7 Å². The Morgan fingerprint density at radius 3 is 2.49 bits per heavy atom. The van der Waals surface area contributed by atoms with Crippen LogP contribution < -0.4 is 33.8 Å². The zero-order valence-electron chi connectivity index (χ0n) is 23.4. The van der Waals surface area contributed by atoms with Gasteiger partial charge in [-0.1, -0.05) is 11.3 Å². The molecular weight excluding hydrogens is 663 g/mol. The number of methoxy groups -OCH3 is 2. The quantitative estimate of drug-likeness (QED) is 0.190. The molecule has 1 aromatic heterocycles. The summed E-state index contributed by atoms with van der Waals surface area (Å²) in [6.07, 6.45) is 1.72. The number of rotatable bonds is 9. The van der Waals surface area contributed by atoms with Crippen LogP contribution in [0.25, 0.3) is 6.08 Å². The Hall–Kier alpha value is -3.65. The van der Waals surface area contributed by atoms with Crippen LogP contribution in [0.1, 0.15) is 44.9 Å². The number of fused-ring (bicyclic) bond motifs is 1. The second kappa shape index (κ2) is 12.9. The molecule has 0 amide bonds.